The molecule has 0 unspecified atom stereocenters. The summed E-state index contributed by atoms with van der Waals surface area (Å²) in [4.78, 5) is 14.3. The third-order valence-electron chi connectivity index (χ3n) is 3.74. The highest BCUT2D eigenvalue weighted by Crippen LogP contribution is 2.14. The Morgan fingerprint density at radius 3 is 2.65 bits per heavy atom. The monoisotopic (exact) mass is 276 g/mol. The van der Waals surface area contributed by atoms with Gasteiger partial charge in [0.05, 0.1) is 13.0 Å². The van der Waals surface area contributed by atoms with E-state index in [4.69, 9.17) is 4.74 Å². The number of amides is 1. The third kappa shape index (κ3) is 4.23. The molecule has 1 aliphatic rings. The van der Waals surface area contributed by atoms with E-state index in [0.717, 1.165) is 38.2 Å². The fraction of sp³-hybridized carbons (Fsp3) is 0.562. The Kier molecular flexibility index (Phi) is 5.87. The Hall–Kier alpha value is -1.55. The lowest BCUT2D eigenvalue weighted by molar-refractivity contribution is -0.134. The summed E-state index contributed by atoms with van der Waals surface area (Å²) < 4.78 is 5.60. The minimum Gasteiger partial charge on any atom is -0.493 e. The van der Waals surface area contributed by atoms with Crippen molar-refractivity contribution in [1.29, 1.82) is 0 Å². The van der Waals surface area contributed by atoms with Crippen molar-refractivity contribution in [1.82, 2.24) is 10.2 Å². The molecule has 0 aromatic heterocycles. The first kappa shape index (κ1) is 14.9. The maximum Gasteiger partial charge on any atom is 0.226 e. The summed E-state index contributed by atoms with van der Waals surface area (Å²) >= 11 is 0. The molecule has 20 heavy (non-hydrogen) atoms. The van der Waals surface area contributed by atoms with E-state index in [1.165, 1.54) is 0 Å². The topological polar surface area (TPSA) is 41.6 Å². The van der Waals surface area contributed by atoms with Crippen molar-refractivity contribution < 1.29 is 9.53 Å². The summed E-state index contributed by atoms with van der Waals surface area (Å²) in [6, 6.07) is 10.0. The lowest BCUT2D eigenvalue weighted by atomic mass is 10.0. The number of para-hydroxylation sites is 1. The Balaban J connectivity index is 1.77. The summed E-state index contributed by atoms with van der Waals surface area (Å²) in [6.07, 6.45) is 2.56. The van der Waals surface area contributed by atoms with Gasteiger partial charge in [-0.1, -0.05) is 18.2 Å². The van der Waals surface area contributed by atoms with Crippen LogP contribution in [0.3, 0.4) is 0 Å². The summed E-state index contributed by atoms with van der Waals surface area (Å²) in [7, 11) is 0. The zero-order valence-corrected chi connectivity index (χ0v) is 12.2. The summed E-state index contributed by atoms with van der Waals surface area (Å²) in [6.45, 7) is 5.31. The molecule has 1 saturated heterocycles. The fourth-order valence-electron chi connectivity index (χ4n) is 2.67. The molecule has 1 amide bonds. The minimum atomic E-state index is 0.204. The molecule has 1 fully saturated rings. The van der Waals surface area contributed by atoms with Gasteiger partial charge in [-0.25, -0.2) is 0 Å². The number of piperidine rings is 1. The number of ether oxygens (including phenoxy) is 1. The molecule has 0 atom stereocenters. The van der Waals surface area contributed by atoms with Crippen molar-refractivity contribution in [3.63, 3.8) is 0 Å². The van der Waals surface area contributed by atoms with Crippen LogP contribution >= 0.6 is 0 Å². The highest BCUT2D eigenvalue weighted by Gasteiger charge is 2.23. The number of rotatable bonds is 6. The zero-order chi connectivity index (χ0) is 14.2. The van der Waals surface area contributed by atoms with Gasteiger partial charge in [0.2, 0.25) is 5.91 Å². The van der Waals surface area contributed by atoms with E-state index in [0.29, 0.717) is 19.1 Å². The van der Waals surface area contributed by atoms with Crippen molar-refractivity contribution >= 4 is 5.91 Å². The van der Waals surface area contributed by atoms with Crippen LogP contribution in [0.15, 0.2) is 30.3 Å². The number of carbonyl (C=O) groups excluding carboxylic acids is 1. The van der Waals surface area contributed by atoms with E-state index in [9.17, 15) is 4.79 Å². The van der Waals surface area contributed by atoms with Gasteiger partial charge in [-0.3, -0.25) is 4.79 Å². The minimum absolute atomic E-state index is 0.204. The van der Waals surface area contributed by atoms with E-state index in [2.05, 4.69) is 12.2 Å². The number of carbonyl (C=O) groups is 1. The quantitative estimate of drug-likeness (QED) is 0.864. The summed E-state index contributed by atoms with van der Waals surface area (Å²) in [5.41, 5.74) is 0. The molecule has 110 valence electrons. The molecule has 0 spiro atoms. The molecular formula is C16H24N2O2. The average Bonchev–Trinajstić information content (AvgIpc) is 2.50. The predicted molar refractivity (Wildman–Crippen MR) is 79.8 cm³/mol. The van der Waals surface area contributed by atoms with Gasteiger partial charge < -0.3 is 15.0 Å². The van der Waals surface area contributed by atoms with Crippen LogP contribution in [0, 0.1) is 0 Å². The fourth-order valence-corrected chi connectivity index (χ4v) is 2.67. The molecule has 0 radical (unpaired) electrons. The van der Waals surface area contributed by atoms with Gasteiger partial charge in [-0.2, -0.15) is 0 Å². The highest BCUT2D eigenvalue weighted by atomic mass is 16.5. The average molecular weight is 276 g/mol. The van der Waals surface area contributed by atoms with E-state index in [1.54, 1.807) is 0 Å². The standard InChI is InChI=1S/C16H24N2O2/c1-2-18(14-8-11-17-12-9-14)16(19)10-13-20-15-6-4-3-5-7-15/h3-7,14,17H,2,8-13H2,1H3. The van der Waals surface area contributed by atoms with Gasteiger partial charge in [0.25, 0.3) is 0 Å². The molecule has 1 aromatic rings. The van der Waals surface area contributed by atoms with Crippen LogP contribution < -0.4 is 10.1 Å². The molecule has 1 N–H and O–H groups in total. The van der Waals surface area contributed by atoms with Crippen LogP contribution in [0.2, 0.25) is 0 Å². The van der Waals surface area contributed by atoms with E-state index in [-0.39, 0.29) is 5.91 Å². The van der Waals surface area contributed by atoms with Crippen molar-refractivity contribution in [2.45, 2.75) is 32.2 Å². The summed E-state index contributed by atoms with van der Waals surface area (Å²) in [5, 5.41) is 3.33. The van der Waals surface area contributed by atoms with Gasteiger partial charge in [0, 0.05) is 12.6 Å². The van der Waals surface area contributed by atoms with Crippen LogP contribution in [0.1, 0.15) is 26.2 Å². The first-order chi connectivity index (χ1) is 9.81. The largest absolute Gasteiger partial charge is 0.493 e. The SMILES string of the molecule is CCN(C(=O)CCOc1ccccc1)C1CCNCC1. The molecule has 0 saturated carbocycles. The normalized spacial score (nSPS) is 15.8. The second-order valence-electron chi connectivity index (χ2n) is 5.07. The van der Waals surface area contributed by atoms with Gasteiger partial charge in [0.15, 0.2) is 0 Å². The Bertz CT molecular complexity index is 402. The van der Waals surface area contributed by atoms with Crippen LogP contribution in [0.4, 0.5) is 0 Å². The zero-order valence-electron chi connectivity index (χ0n) is 12.2. The van der Waals surface area contributed by atoms with Crippen LogP contribution in [0.5, 0.6) is 5.75 Å². The Labute approximate surface area is 121 Å². The lowest BCUT2D eigenvalue weighted by Crippen LogP contribution is -2.46. The maximum atomic E-state index is 12.3. The summed E-state index contributed by atoms with van der Waals surface area (Å²) in [5.74, 6) is 1.03. The molecule has 1 aromatic carbocycles. The Morgan fingerprint density at radius 2 is 2.00 bits per heavy atom. The molecule has 0 aliphatic carbocycles. The smallest absolute Gasteiger partial charge is 0.226 e. The molecule has 1 aliphatic heterocycles. The van der Waals surface area contributed by atoms with Crippen LogP contribution in [0.25, 0.3) is 0 Å². The number of benzene rings is 1. The van der Waals surface area contributed by atoms with Crippen LogP contribution in [-0.4, -0.2) is 43.1 Å². The van der Waals surface area contributed by atoms with Crippen molar-refractivity contribution in [3.8, 4) is 5.75 Å². The Morgan fingerprint density at radius 1 is 1.30 bits per heavy atom. The second-order valence-corrected chi connectivity index (χ2v) is 5.07. The molecule has 2 rings (SSSR count). The molecular weight excluding hydrogens is 252 g/mol. The number of hydrogen-bond acceptors (Lipinski definition) is 3. The maximum absolute atomic E-state index is 12.3. The number of nitrogens with one attached hydrogen (secondary N) is 1. The van der Waals surface area contributed by atoms with Crippen molar-refractivity contribution in [2.24, 2.45) is 0 Å². The van der Waals surface area contributed by atoms with Crippen LogP contribution in [-0.2, 0) is 4.79 Å². The first-order valence-electron chi connectivity index (χ1n) is 7.49. The lowest BCUT2D eigenvalue weighted by Gasteiger charge is -2.34. The molecule has 0 bridgehead atoms. The second kappa shape index (κ2) is 7.90. The van der Waals surface area contributed by atoms with E-state index >= 15 is 0 Å². The first-order valence-corrected chi connectivity index (χ1v) is 7.49. The van der Waals surface area contributed by atoms with E-state index < -0.39 is 0 Å². The van der Waals surface area contributed by atoms with Crippen molar-refractivity contribution in [2.75, 3.05) is 26.2 Å². The predicted octanol–water partition coefficient (Wildman–Crippen LogP) is 2.06. The number of hydrogen-bond donors (Lipinski definition) is 1. The van der Waals surface area contributed by atoms with Gasteiger partial charge in [0.1, 0.15) is 5.75 Å². The van der Waals surface area contributed by atoms with Gasteiger partial charge >= 0.3 is 0 Å². The third-order valence-corrected chi connectivity index (χ3v) is 3.74. The number of nitrogens with zero attached hydrogens (tertiary/aromatic N) is 1. The molecule has 4 heteroatoms. The highest BCUT2D eigenvalue weighted by molar-refractivity contribution is 5.76. The molecule has 1 heterocycles. The van der Waals surface area contributed by atoms with Crippen molar-refractivity contribution in [3.05, 3.63) is 30.3 Å². The van der Waals surface area contributed by atoms with E-state index in [1.807, 2.05) is 35.2 Å². The van der Waals surface area contributed by atoms with Gasteiger partial charge in [-0.15, -0.1) is 0 Å². The molecule has 4 nitrogen and oxygen atoms in total. The van der Waals surface area contributed by atoms with Gasteiger partial charge in [-0.05, 0) is 45.0 Å².